The fourth-order valence-corrected chi connectivity index (χ4v) is 3.47. The quantitative estimate of drug-likeness (QED) is 0.890. The smallest absolute Gasteiger partial charge is 0.130 e. The van der Waals surface area contributed by atoms with Crippen molar-refractivity contribution in [1.29, 1.82) is 0 Å². The Morgan fingerprint density at radius 3 is 3.05 bits per heavy atom. The van der Waals surface area contributed by atoms with Crippen molar-refractivity contribution >= 4 is 15.9 Å². The number of aliphatic hydroxyl groups excluding tert-OH is 1. The van der Waals surface area contributed by atoms with E-state index in [2.05, 4.69) is 39.1 Å². The summed E-state index contributed by atoms with van der Waals surface area (Å²) in [5.74, 6) is 0.287. The molecule has 0 amide bonds. The van der Waals surface area contributed by atoms with Crippen LogP contribution in [0.2, 0.25) is 0 Å². The molecular weight excluding hydrogens is 333 g/mol. The van der Waals surface area contributed by atoms with Gasteiger partial charge in [0, 0.05) is 29.7 Å². The molecule has 0 aromatic heterocycles. The molecule has 21 heavy (non-hydrogen) atoms. The zero-order valence-electron chi connectivity index (χ0n) is 11.8. The van der Waals surface area contributed by atoms with Crippen LogP contribution < -0.4 is 0 Å². The van der Waals surface area contributed by atoms with Gasteiger partial charge < -0.3 is 5.11 Å². The Morgan fingerprint density at radius 1 is 1.43 bits per heavy atom. The molecule has 0 spiro atoms. The molecule has 0 radical (unpaired) electrons. The minimum atomic E-state index is -0.743. The van der Waals surface area contributed by atoms with Crippen LogP contribution in [0.4, 0.5) is 4.39 Å². The van der Waals surface area contributed by atoms with Crippen molar-refractivity contribution in [3.8, 4) is 0 Å². The molecular formula is C17H19BrFNO. The highest BCUT2D eigenvalue weighted by Crippen LogP contribution is 2.30. The van der Waals surface area contributed by atoms with Gasteiger partial charge in [0.1, 0.15) is 5.82 Å². The van der Waals surface area contributed by atoms with Crippen LogP contribution in [0.25, 0.3) is 0 Å². The number of hydrogen-bond donors (Lipinski definition) is 1. The van der Waals surface area contributed by atoms with E-state index < -0.39 is 6.10 Å². The number of nitrogens with zero attached hydrogens (tertiary/aromatic N) is 1. The minimum absolute atomic E-state index is 0.348. The lowest BCUT2D eigenvalue weighted by Gasteiger charge is -2.18. The molecule has 1 heterocycles. The molecule has 1 fully saturated rings. The molecule has 0 bridgehead atoms. The summed E-state index contributed by atoms with van der Waals surface area (Å²) < 4.78 is 14.5. The fraction of sp³-hybridized carbons (Fsp3) is 0.412. The third kappa shape index (κ3) is 3.44. The number of halogens is 2. The van der Waals surface area contributed by atoms with Crippen molar-refractivity contribution in [2.24, 2.45) is 5.92 Å². The Morgan fingerprint density at radius 2 is 2.29 bits per heavy atom. The molecule has 1 saturated heterocycles. The number of rotatable bonds is 4. The van der Waals surface area contributed by atoms with E-state index in [9.17, 15) is 9.50 Å². The van der Waals surface area contributed by atoms with Crippen molar-refractivity contribution in [3.63, 3.8) is 0 Å². The van der Waals surface area contributed by atoms with Crippen LogP contribution in [0, 0.1) is 11.7 Å². The van der Waals surface area contributed by atoms with E-state index in [4.69, 9.17) is 0 Å². The van der Waals surface area contributed by atoms with Gasteiger partial charge in [0.15, 0.2) is 0 Å². The second-order valence-electron chi connectivity index (χ2n) is 5.81. The van der Waals surface area contributed by atoms with Crippen molar-refractivity contribution in [1.82, 2.24) is 4.90 Å². The van der Waals surface area contributed by atoms with E-state index in [-0.39, 0.29) is 5.82 Å². The second kappa shape index (κ2) is 6.42. The van der Waals surface area contributed by atoms with Crippen LogP contribution in [0.5, 0.6) is 0 Å². The van der Waals surface area contributed by atoms with E-state index in [0.717, 1.165) is 26.1 Å². The zero-order chi connectivity index (χ0) is 14.8. The first kappa shape index (κ1) is 14.9. The maximum absolute atomic E-state index is 13.8. The lowest BCUT2D eigenvalue weighted by atomic mass is 9.95. The zero-order valence-corrected chi connectivity index (χ0v) is 13.4. The molecule has 1 aliphatic heterocycles. The number of likely N-dealkylation sites (tertiary alicyclic amines) is 1. The third-order valence-electron chi connectivity index (χ3n) is 4.32. The van der Waals surface area contributed by atoms with Gasteiger partial charge in [0.25, 0.3) is 0 Å². The number of aliphatic hydroxyl groups is 1. The van der Waals surface area contributed by atoms with Gasteiger partial charge in [0.05, 0.1) is 6.10 Å². The Kier molecular flexibility index (Phi) is 4.57. The molecule has 1 N–H and O–H groups in total. The maximum Gasteiger partial charge on any atom is 0.130 e. The van der Waals surface area contributed by atoms with E-state index in [1.54, 1.807) is 12.1 Å². The standard InChI is InChI=1S/C17H19BrFNO/c18-14-5-6-15(16(19)9-14)17(21)7-8-20-10-12-3-1-2-4-13(12)11-20/h1-3,5-6,9,13,17,21H,4,7-8,10-11H2. The summed E-state index contributed by atoms with van der Waals surface area (Å²) in [7, 11) is 0. The third-order valence-corrected chi connectivity index (χ3v) is 4.81. The van der Waals surface area contributed by atoms with Crippen LogP contribution in [0.1, 0.15) is 24.5 Å². The molecule has 112 valence electrons. The molecule has 1 aromatic rings. The van der Waals surface area contributed by atoms with Gasteiger partial charge in [0.2, 0.25) is 0 Å². The summed E-state index contributed by atoms with van der Waals surface area (Å²) in [5, 5.41) is 10.2. The molecule has 2 unspecified atom stereocenters. The SMILES string of the molecule is OC(CCN1CC2=CC=CCC2C1)c1ccc(Br)cc1F. The summed E-state index contributed by atoms with van der Waals surface area (Å²) in [6.45, 7) is 2.82. The molecule has 3 rings (SSSR count). The van der Waals surface area contributed by atoms with Crippen LogP contribution in [-0.2, 0) is 0 Å². The Bertz CT molecular complexity index is 584. The summed E-state index contributed by atoms with van der Waals surface area (Å²) in [5.41, 5.74) is 1.87. The second-order valence-corrected chi connectivity index (χ2v) is 6.72. The van der Waals surface area contributed by atoms with Gasteiger partial charge in [-0.1, -0.05) is 45.8 Å². The van der Waals surface area contributed by atoms with E-state index in [1.165, 1.54) is 11.6 Å². The van der Waals surface area contributed by atoms with Crippen molar-refractivity contribution in [3.05, 3.63) is 57.9 Å². The van der Waals surface area contributed by atoms with Gasteiger partial charge in [-0.3, -0.25) is 4.90 Å². The number of allylic oxidation sites excluding steroid dienone is 3. The lowest BCUT2D eigenvalue weighted by molar-refractivity contribution is 0.144. The topological polar surface area (TPSA) is 23.5 Å². The van der Waals surface area contributed by atoms with Crippen LogP contribution in [0.3, 0.4) is 0 Å². The normalized spacial score (nSPS) is 23.0. The first-order valence-electron chi connectivity index (χ1n) is 7.34. The molecule has 1 aliphatic carbocycles. The molecule has 1 aromatic carbocycles. The van der Waals surface area contributed by atoms with Crippen LogP contribution >= 0.6 is 15.9 Å². The largest absolute Gasteiger partial charge is 0.388 e. The molecule has 2 nitrogen and oxygen atoms in total. The number of hydrogen-bond acceptors (Lipinski definition) is 2. The first-order chi connectivity index (χ1) is 10.1. The molecule has 2 aliphatic rings. The number of benzene rings is 1. The number of fused-ring (bicyclic) bond motifs is 1. The lowest BCUT2D eigenvalue weighted by Crippen LogP contribution is -2.23. The predicted octanol–water partition coefficient (Wildman–Crippen LogP) is 3.83. The molecule has 4 heteroatoms. The van der Waals surface area contributed by atoms with Gasteiger partial charge in [-0.2, -0.15) is 0 Å². The van der Waals surface area contributed by atoms with E-state index in [0.29, 0.717) is 22.4 Å². The van der Waals surface area contributed by atoms with Gasteiger partial charge in [-0.05, 0) is 30.9 Å². The monoisotopic (exact) mass is 351 g/mol. The summed E-state index contributed by atoms with van der Waals surface area (Å²) in [4.78, 5) is 2.35. The summed E-state index contributed by atoms with van der Waals surface area (Å²) in [6.07, 6.45) is 7.48. The van der Waals surface area contributed by atoms with E-state index in [1.807, 2.05) is 0 Å². The Hall–Kier alpha value is -0.970. The van der Waals surface area contributed by atoms with Gasteiger partial charge in [-0.15, -0.1) is 0 Å². The van der Waals surface area contributed by atoms with Crippen LogP contribution in [0.15, 0.2) is 46.5 Å². The average Bonchev–Trinajstić information content (AvgIpc) is 2.87. The highest BCUT2D eigenvalue weighted by molar-refractivity contribution is 9.10. The van der Waals surface area contributed by atoms with Crippen molar-refractivity contribution in [2.75, 3.05) is 19.6 Å². The molecule has 0 saturated carbocycles. The Balaban J connectivity index is 1.56. The van der Waals surface area contributed by atoms with Gasteiger partial charge >= 0.3 is 0 Å². The van der Waals surface area contributed by atoms with Crippen molar-refractivity contribution < 1.29 is 9.50 Å². The maximum atomic E-state index is 13.8. The van der Waals surface area contributed by atoms with Crippen molar-refractivity contribution in [2.45, 2.75) is 18.9 Å². The Labute approximate surface area is 133 Å². The highest BCUT2D eigenvalue weighted by atomic mass is 79.9. The average molecular weight is 352 g/mol. The van der Waals surface area contributed by atoms with E-state index >= 15 is 0 Å². The summed E-state index contributed by atoms with van der Waals surface area (Å²) in [6, 6.07) is 4.82. The predicted molar refractivity (Wildman–Crippen MR) is 85.4 cm³/mol. The molecule has 2 atom stereocenters. The minimum Gasteiger partial charge on any atom is -0.388 e. The first-order valence-corrected chi connectivity index (χ1v) is 8.14. The highest BCUT2D eigenvalue weighted by Gasteiger charge is 2.27. The fourth-order valence-electron chi connectivity index (χ4n) is 3.13. The van der Waals surface area contributed by atoms with Crippen LogP contribution in [-0.4, -0.2) is 29.6 Å². The summed E-state index contributed by atoms with van der Waals surface area (Å²) >= 11 is 3.23. The van der Waals surface area contributed by atoms with Gasteiger partial charge in [-0.25, -0.2) is 4.39 Å².